The molecular formula is C12H13BrFN3O. The lowest BCUT2D eigenvalue weighted by atomic mass is 9.92. The van der Waals surface area contributed by atoms with Crippen LogP contribution in [0.25, 0.3) is 0 Å². The predicted octanol–water partition coefficient (Wildman–Crippen LogP) is 2.54. The van der Waals surface area contributed by atoms with Crippen LogP contribution in [0, 0.1) is 5.82 Å². The lowest BCUT2D eigenvalue weighted by Gasteiger charge is -2.29. The standard InChI is InChI=1S/C12H13BrFN3O/c1-12(2,18)11(17-7-15-6-16-17)9-4-3-8(13)5-10(9)14/h3-7,11,18H,1-2H3. The van der Waals surface area contributed by atoms with E-state index in [-0.39, 0.29) is 0 Å². The van der Waals surface area contributed by atoms with E-state index in [4.69, 9.17) is 0 Å². The lowest BCUT2D eigenvalue weighted by Crippen LogP contribution is -2.35. The Morgan fingerprint density at radius 1 is 1.44 bits per heavy atom. The Morgan fingerprint density at radius 2 is 2.17 bits per heavy atom. The Hall–Kier alpha value is -1.27. The summed E-state index contributed by atoms with van der Waals surface area (Å²) in [5.41, 5.74) is -0.793. The fourth-order valence-electron chi connectivity index (χ4n) is 1.92. The summed E-state index contributed by atoms with van der Waals surface area (Å²) in [5.74, 6) is -0.396. The molecule has 1 N–H and O–H groups in total. The van der Waals surface area contributed by atoms with Crippen LogP contribution in [-0.4, -0.2) is 25.5 Å². The van der Waals surface area contributed by atoms with Gasteiger partial charge in [0.2, 0.25) is 0 Å². The number of benzene rings is 1. The molecule has 1 aromatic heterocycles. The summed E-state index contributed by atoms with van der Waals surface area (Å²) < 4.78 is 16.1. The van der Waals surface area contributed by atoms with Gasteiger partial charge >= 0.3 is 0 Å². The first-order chi connectivity index (χ1) is 8.39. The molecule has 0 radical (unpaired) electrons. The average molecular weight is 314 g/mol. The number of hydrogen-bond donors (Lipinski definition) is 1. The second-order valence-electron chi connectivity index (χ2n) is 4.60. The van der Waals surface area contributed by atoms with Crippen LogP contribution >= 0.6 is 15.9 Å². The van der Waals surface area contributed by atoms with Crippen molar-refractivity contribution in [1.29, 1.82) is 0 Å². The van der Waals surface area contributed by atoms with Crippen LogP contribution < -0.4 is 0 Å². The monoisotopic (exact) mass is 313 g/mol. The molecule has 0 bridgehead atoms. The van der Waals surface area contributed by atoms with Crippen molar-refractivity contribution in [3.63, 3.8) is 0 Å². The van der Waals surface area contributed by atoms with Crippen LogP contribution in [0.1, 0.15) is 25.5 Å². The number of halogens is 2. The SMILES string of the molecule is CC(C)(O)C(c1ccc(Br)cc1F)n1cncn1. The van der Waals surface area contributed by atoms with Crippen LogP contribution in [0.2, 0.25) is 0 Å². The summed E-state index contributed by atoms with van der Waals surface area (Å²) in [6, 6.07) is 4.09. The van der Waals surface area contributed by atoms with E-state index < -0.39 is 17.5 Å². The Labute approximate surface area is 113 Å². The van der Waals surface area contributed by atoms with Gasteiger partial charge in [0, 0.05) is 10.0 Å². The Balaban J connectivity index is 2.54. The first-order valence-corrected chi connectivity index (χ1v) is 6.20. The zero-order valence-electron chi connectivity index (χ0n) is 10.0. The molecule has 0 saturated heterocycles. The van der Waals surface area contributed by atoms with Crippen molar-refractivity contribution in [3.05, 3.63) is 46.7 Å². The Kier molecular flexibility index (Phi) is 3.49. The summed E-state index contributed by atoms with van der Waals surface area (Å²) in [4.78, 5) is 3.84. The van der Waals surface area contributed by atoms with E-state index in [2.05, 4.69) is 26.0 Å². The molecular weight excluding hydrogens is 301 g/mol. The fourth-order valence-corrected chi connectivity index (χ4v) is 2.25. The molecule has 0 saturated carbocycles. The van der Waals surface area contributed by atoms with Crippen LogP contribution in [0.4, 0.5) is 4.39 Å². The van der Waals surface area contributed by atoms with Gasteiger partial charge in [-0.05, 0) is 26.0 Å². The zero-order valence-corrected chi connectivity index (χ0v) is 11.6. The van der Waals surface area contributed by atoms with E-state index >= 15 is 0 Å². The minimum Gasteiger partial charge on any atom is -0.388 e. The van der Waals surface area contributed by atoms with Gasteiger partial charge in [0.15, 0.2) is 0 Å². The van der Waals surface area contributed by atoms with Gasteiger partial charge < -0.3 is 5.11 Å². The van der Waals surface area contributed by atoms with Gasteiger partial charge in [0.1, 0.15) is 24.5 Å². The molecule has 1 atom stereocenters. The summed E-state index contributed by atoms with van der Waals surface area (Å²) in [6.45, 7) is 3.22. The smallest absolute Gasteiger partial charge is 0.137 e. The second-order valence-corrected chi connectivity index (χ2v) is 5.51. The van der Waals surface area contributed by atoms with Crippen molar-refractivity contribution in [2.24, 2.45) is 0 Å². The number of hydrogen-bond acceptors (Lipinski definition) is 3. The number of nitrogens with zero attached hydrogens (tertiary/aromatic N) is 3. The predicted molar refractivity (Wildman–Crippen MR) is 68.6 cm³/mol. The average Bonchev–Trinajstić information content (AvgIpc) is 2.73. The van der Waals surface area contributed by atoms with Gasteiger partial charge in [-0.3, -0.25) is 0 Å². The fraction of sp³-hybridized carbons (Fsp3) is 0.333. The first-order valence-electron chi connectivity index (χ1n) is 5.41. The molecule has 18 heavy (non-hydrogen) atoms. The Morgan fingerprint density at radius 3 is 2.67 bits per heavy atom. The molecule has 0 amide bonds. The maximum absolute atomic E-state index is 14.0. The molecule has 0 aliphatic carbocycles. The third-order valence-corrected chi connectivity index (χ3v) is 3.12. The van der Waals surface area contributed by atoms with E-state index in [0.29, 0.717) is 10.0 Å². The molecule has 1 unspecified atom stereocenters. The normalized spacial score (nSPS) is 13.6. The van der Waals surface area contributed by atoms with Gasteiger partial charge in [-0.1, -0.05) is 22.0 Å². The van der Waals surface area contributed by atoms with Crippen molar-refractivity contribution >= 4 is 15.9 Å². The van der Waals surface area contributed by atoms with Crippen LogP contribution in [-0.2, 0) is 0 Å². The number of aliphatic hydroxyl groups is 1. The zero-order chi connectivity index (χ0) is 13.3. The molecule has 2 rings (SSSR count). The van der Waals surface area contributed by atoms with Gasteiger partial charge in [0.25, 0.3) is 0 Å². The van der Waals surface area contributed by atoms with Crippen LogP contribution in [0.15, 0.2) is 35.3 Å². The highest BCUT2D eigenvalue weighted by Crippen LogP contribution is 2.31. The van der Waals surface area contributed by atoms with Gasteiger partial charge in [-0.15, -0.1) is 0 Å². The summed E-state index contributed by atoms with van der Waals surface area (Å²) in [5, 5.41) is 14.2. The van der Waals surface area contributed by atoms with Crippen molar-refractivity contribution in [1.82, 2.24) is 14.8 Å². The summed E-state index contributed by atoms with van der Waals surface area (Å²) >= 11 is 3.21. The minimum absolute atomic E-state index is 0.371. The van der Waals surface area contributed by atoms with Crippen molar-refractivity contribution in [2.75, 3.05) is 0 Å². The maximum atomic E-state index is 14.0. The summed E-state index contributed by atoms with van der Waals surface area (Å²) in [7, 11) is 0. The molecule has 0 aliphatic rings. The number of aromatic nitrogens is 3. The molecule has 2 aromatic rings. The van der Waals surface area contributed by atoms with E-state index in [1.165, 1.54) is 23.4 Å². The van der Waals surface area contributed by atoms with E-state index in [1.807, 2.05) is 0 Å². The van der Waals surface area contributed by atoms with Gasteiger partial charge in [-0.2, -0.15) is 5.10 Å². The lowest BCUT2D eigenvalue weighted by molar-refractivity contribution is 0.0330. The van der Waals surface area contributed by atoms with Crippen molar-refractivity contribution < 1.29 is 9.50 Å². The van der Waals surface area contributed by atoms with Crippen LogP contribution in [0.5, 0.6) is 0 Å². The van der Waals surface area contributed by atoms with E-state index in [0.717, 1.165) is 0 Å². The summed E-state index contributed by atoms with van der Waals surface area (Å²) in [6.07, 6.45) is 2.82. The van der Waals surface area contributed by atoms with Gasteiger partial charge in [-0.25, -0.2) is 14.1 Å². The highest BCUT2D eigenvalue weighted by atomic mass is 79.9. The highest BCUT2D eigenvalue weighted by Gasteiger charge is 2.32. The van der Waals surface area contributed by atoms with E-state index in [1.54, 1.807) is 26.0 Å². The molecule has 0 spiro atoms. The molecule has 1 heterocycles. The molecule has 1 aromatic carbocycles. The minimum atomic E-state index is -1.16. The first kappa shape index (κ1) is 13.2. The molecule has 0 aliphatic heterocycles. The second kappa shape index (κ2) is 4.78. The molecule has 0 fully saturated rings. The third kappa shape index (κ3) is 2.59. The largest absolute Gasteiger partial charge is 0.388 e. The Bertz CT molecular complexity index is 537. The van der Waals surface area contributed by atoms with E-state index in [9.17, 15) is 9.50 Å². The van der Waals surface area contributed by atoms with Gasteiger partial charge in [0.05, 0.1) is 5.60 Å². The molecule has 96 valence electrons. The molecule has 6 heteroatoms. The third-order valence-electron chi connectivity index (χ3n) is 2.63. The number of rotatable bonds is 3. The van der Waals surface area contributed by atoms with Crippen molar-refractivity contribution in [2.45, 2.75) is 25.5 Å². The highest BCUT2D eigenvalue weighted by molar-refractivity contribution is 9.10. The van der Waals surface area contributed by atoms with Crippen molar-refractivity contribution in [3.8, 4) is 0 Å². The maximum Gasteiger partial charge on any atom is 0.137 e. The molecule has 4 nitrogen and oxygen atoms in total. The quantitative estimate of drug-likeness (QED) is 0.947. The topological polar surface area (TPSA) is 50.9 Å². The van der Waals surface area contributed by atoms with Crippen LogP contribution in [0.3, 0.4) is 0 Å².